The molecule has 0 aromatic rings. The van der Waals surface area contributed by atoms with Crippen LogP contribution >= 0.6 is 11.8 Å². The smallest absolute Gasteiger partial charge is 0.180 e. The van der Waals surface area contributed by atoms with E-state index in [-0.39, 0.29) is 0 Å². The third kappa shape index (κ3) is 5.91. The second-order valence-corrected chi connectivity index (χ2v) is 2.95. The summed E-state index contributed by atoms with van der Waals surface area (Å²) in [5, 5.41) is 11.3. The summed E-state index contributed by atoms with van der Waals surface area (Å²) in [6.45, 7) is 3.63. The molecule has 0 saturated carbocycles. The summed E-state index contributed by atoms with van der Waals surface area (Å²) in [5.74, 6) is 0.643. The van der Waals surface area contributed by atoms with Crippen molar-refractivity contribution in [2.24, 2.45) is 10.1 Å². The molecule has 0 fully saturated rings. The minimum atomic E-state index is 0.295. The van der Waals surface area contributed by atoms with E-state index in [2.05, 4.69) is 15.0 Å². The van der Waals surface area contributed by atoms with Crippen LogP contribution in [0, 0.1) is 5.41 Å². The maximum Gasteiger partial charge on any atom is 0.180 e. The molecule has 0 heterocycles. The van der Waals surface area contributed by atoms with E-state index >= 15 is 0 Å². The first-order valence-corrected chi connectivity index (χ1v) is 4.46. The van der Waals surface area contributed by atoms with E-state index in [0.717, 1.165) is 5.71 Å². The van der Waals surface area contributed by atoms with E-state index in [0.29, 0.717) is 10.9 Å². The molecule has 0 aromatic heterocycles. The van der Waals surface area contributed by atoms with Crippen molar-refractivity contribution in [1.82, 2.24) is 0 Å². The van der Waals surface area contributed by atoms with Gasteiger partial charge in [0.25, 0.3) is 0 Å². The molecule has 0 rings (SSSR count). The van der Waals surface area contributed by atoms with Crippen molar-refractivity contribution in [3.8, 4) is 0 Å². The molecule has 0 amide bonds. The zero-order chi connectivity index (χ0) is 9.40. The first kappa shape index (κ1) is 11.2. The van der Waals surface area contributed by atoms with Crippen molar-refractivity contribution >= 4 is 28.9 Å². The molecule has 12 heavy (non-hydrogen) atoms. The van der Waals surface area contributed by atoms with E-state index in [1.54, 1.807) is 13.1 Å². The first-order chi connectivity index (χ1) is 5.70. The molecule has 0 aliphatic carbocycles. The lowest BCUT2D eigenvalue weighted by atomic mass is 10.5. The molecule has 0 aromatic carbocycles. The maximum atomic E-state index is 7.28. The molecule has 0 radical (unpaired) electrons. The Hall–Kier alpha value is -0.840. The number of thioether (sulfide) groups is 1. The quantitative estimate of drug-likeness (QED) is 0.416. The monoisotopic (exact) mass is 187 g/mol. The van der Waals surface area contributed by atoms with Gasteiger partial charge in [-0.3, -0.25) is 5.41 Å². The fourth-order valence-electron chi connectivity index (χ4n) is 0.510. The minimum absolute atomic E-state index is 0.295. The Morgan fingerprint density at radius 1 is 1.67 bits per heavy atom. The lowest BCUT2D eigenvalue weighted by molar-refractivity contribution is 0.213. The summed E-state index contributed by atoms with van der Waals surface area (Å²) < 4.78 is 0. The zero-order valence-corrected chi connectivity index (χ0v) is 8.31. The lowest BCUT2D eigenvalue weighted by Gasteiger charge is -1.97. The van der Waals surface area contributed by atoms with Crippen LogP contribution in [0.5, 0.6) is 0 Å². The Bertz CT molecular complexity index is 199. The highest BCUT2D eigenvalue weighted by molar-refractivity contribution is 8.14. The standard InChI is InChI=1S/C7H13N3OS/c1-4-9-7(8)12-5-6(2)10-11-3/h4,8H,5H2,1-3H3. The summed E-state index contributed by atoms with van der Waals surface area (Å²) in [4.78, 5) is 8.34. The minimum Gasteiger partial charge on any atom is -0.399 e. The largest absolute Gasteiger partial charge is 0.399 e. The van der Waals surface area contributed by atoms with Gasteiger partial charge < -0.3 is 4.84 Å². The van der Waals surface area contributed by atoms with Crippen molar-refractivity contribution in [2.75, 3.05) is 12.9 Å². The summed E-state index contributed by atoms with van der Waals surface area (Å²) in [6.07, 6.45) is 1.60. The van der Waals surface area contributed by atoms with Gasteiger partial charge in [-0.25, -0.2) is 4.99 Å². The molecule has 0 aliphatic heterocycles. The summed E-state index contributed by atoms with van der Waals surface area (Å²) >= 11 is 1.32. The van der Waals surface area contributed by atoms with Crippen LogP contribution in [-0.2, 0) is 4.84 Å². The van der Waals surface area contributed by atoms with Crippen LogP contribution in [0.1, 0.15) is 13.8 Å². The van der Waals surface area contributed by atoms with Gasteiger partial charge in [-0.15, -0.1) is 0 Å². The highest BCUT2D eigenvalue weighted by Crippen LogP contribution is 2.03. The van der Waals surface area contributed by atoms with E-state index in [4.69, 9.17) is 5.41 Å². The number of amidine groups is 1. The predicted molar refractivity (Wildman–Crippen MR) is 54.5 cm³/mol. The van der Waals surface area contributed by atoms with Crippen LogP contribution in [0.2, 0.25) is 0 Å². The van der Waals surface area contributed by atoms with E-state index in [1.807, 2.05) is 6.92 Å². The molecule has 1 N–H and O–H groups in total. The number of oxime groups is 1. The van der Waals surface area contributed by atoms with Crippen LogP contribution in [0.4, 0.5) is 0 Å². The lowest BCUT2D eigenvalue weighted by Crippen LogP contribution is -1.98. The average molecular weight is 187 g/mol. The fraction of sp³-hybridized carbons (Fsp3) is 0.571. The van der Waals surface area contributed by atoms with Gasteiger partial charge in [0.15, 0.2) is 5.17 Å². The van der Waals surface area contributed by atoms with Crippen molar-refractivity contribution < 1.29 is 4.84 Å². The molecule has 68 valence electrons. The van der Waals surface area contributed by atoms with Crippen molar-refractivity contribution in [3.05, 3.63) is 0 Å². The van der Waals surface area contributed by atoms with Crippen molar-refractivity contribution in [1.29, 1.82) is 5.41 Å². The normalized spacial score (nSPS) is 12.1. The molecule has 0 bridgehead atoms. The number of aliphatic imine (C=N–C) groups is 1. The molecule has 4 nitrogen and oxygen atoms in total. The number of nitrogens with one attached hydrogen (secondary N) is 1. The number of hydrogen-bond acceptors (Lipinski definition) is 4. The van der Waals surface area contributed by atoms with Gasteiger partial charge in [0, 0.05) is 12.0 Å². The van der Waals surface area contributed by atoms with Crippen LogP contribution in [0.25, 0.3) is 0 Å². The molecular weight excluding hydrogens is 174 g/mol. The zero-order valence-electron chi connectivity index (χ0n) is 7.50. The molecule has 0 unspecified atom stereocenters. The van der Waals surface area contributed by atoms with Crippen LogP contribution in [0.15, 0.2) is 10.1 Å². The second-order valence-electron chi connectivity index (χ2n) is 1.99. The molecule has 0 saturated heterocycles. The van der Waals surface area contributed by atoms with Crippen LogP contribution in [-0.4, -0.2) is 30.0 Å². The summed E-state index contributed by atoms with van der Waals surface area (Å²) in [5.41, 5.74) is 0.846. The number of hydrogen-bond donors (Lipinski definition) is 1. The number of nitrogens with zero attached hydrogens (tertiary/aromatic N) is 2. The third-order valence-electron chi connectivity index (χ3n) is 0.911. The van der Waals surface area contributed by atoms with Gasteiger partial charge in [-0.05, 0) is 13.8 Å². The highest BCUT2D eigenvalue weighted by atomic mass is 32.2. The van der Waals surface area contributed by atoms with Gasteiger partial charge in [0.2, 0.25) is 0 Å². The van der Waals surface area contributed by atoms with Gasteiger partial charge in [-0.2, -0.15) is 0 Å². The Labute approximate surface area is 76.6 Å². The fourth-order valence-corrected chi connectivity index (χ4v) is 1.09. The Morgan fingerprint density at radius 3 is 2.83 bits per heavy atom. The van der Waals surface area contributed by atoms with E-state index in [1.165, 1.54) is 18.9 Å². The summed E-state index contributed by atoms with van der Waals surface area (Å²) in [7, 11) is 1.50. The SMILES string of the molecule is CC=NC(=N)SCC(C)=NOC. The van der Waals surface area contributed by atoms with Crippen molar-refractivity contribution in [2.45, 2.75) is 13.8 Å². The van der Waals surface area contributed by atoms with E-state index in [9.17, 15) is 0 Å². The molecule has 0 atom stereocenters. The highest BCUT2D eigenvalue weighted by Gasteiger charge is 1.96. The first-order valence-electron chi connectivity index (χ1n) is 3.47. The van der Waals surface area contributed by atoms with E-state index < -0.39 is 0 Å². The van der Waals surface area contributed by atoms with Gasteiger partial charge in [-0.1, -0.05) is 16.9 Å². The van der Waals surface area contributed by atoms with Gasteiger partial charge >= 0.3 is 0 Å². The van der Waals surface area contributed by atoms with Crippen LogP contribution in [0.3, 0.4) is 0 Å². The van der Waals surface area contributed by atoms with Crippen LogP contribution < -0.4 is 0 Å². The molecular formula is C7H13N3OS. The third-order valence-corrected chi connectivity index (χ3v) is 1.85. The maximum absolute atomic E-state index is 7.28. The average Bonchev–Trinajstić information content (AvgIpc) is 2.02. The van der Waals surface area contributed by atoms with Gasteiger partial charge in [0.1, 0.15) is 7.11 Å². The Morgan fingerprint density at radius 2 is 2.33 bits per heavy atom. The van der Waals surface area contributed by atoms with Crippen molar-refractivity contribution in [3.63, 3.8) is 0 Å². The number of rotatable bonds is 3. The Balaban J connectivity index is 3.68. The Kier molecular flexibility index (Phi) is 6.37. The van der Waals surface area contributed by atoms with Gasteiger partial charge in [0.05, 0.1) is 5.71 Å². The second kappa shape index (κ2) is 6.84. The summed E-state index contributed by atoms with van der Waals surface area (Å²) in [6, 6.07) is 0. The topological polar surface area (TPSA) is 57.8 Å². The predicted octanol–water partition coefficient (Wildman–Crippen LogP) is 1.77. The molecule has 5 heteroatoms. The molecule has 0 spiro atoms. The molecule has 0 aliphatic rings.